The van der Waals surface area contributed by atoms with Crippen LogP contribution in [0.2, 0.25) is 0 Å². The molecular weight excluding hydrogens is 408 g/mol. The molecule has 1 aromatic heterocycles. The van der Waals surface area contributed by atoms with Crippen LogP contribution in [-0.4, -0.2) is 46.0 Å². The van der Waals surface area contributed by atoms with E-state index in [-0.39, 0.29) is 29.9 Å². The van der Waals surface area contributed by atoms with Crippen LogP contribution < -0.4 is 10.2 Å². The fraction of sp³-hybridized carbons (Fsp3) is 0.500. The molecule has 0 saturated heterocycles. The average molecular weight is 439 g/mol. The number of ether oxygens (including phenoxy) is 1. The van der Waals surface area contributed by atoms with Crippen LogP contribution in [-0.2, 0) is 22.5 Å². The number of fused-ring (bicyclic) bond motifs is 1. The van der Waals surface area contributed by atoms with Crippen molar-refractivity contribution in [2.24, 2.45) is 0 Å². The van der Waals surface area contributed by atoms with Gasteiger partial charge in [0.2, 0.25) is 5.91 Å². The Kier molecular flexibility index (Phi) is 6.04. The predicted molar refractivity (Wildman–Crippen MR) is 120 cm³/mol. The van der Waals surface area contributed by atoms with E-state index >= 15 is 0 Å². The fourth-order valence-corrected chi connectivity index (χ4v) is 4.78. The molecule has 2 heterocycles. The Morgan fingerprint density at radius 1 is 1.25 bits per heavy atom. The molecule has 1 aliphatic heterocycles. The van der Waals surface area contributed by atoms with Crippen LogP contribution in [0.25, 0.3) is 0 Å². The third-order valence-corrected chi connectivity index (χ3v) is 6.60. The summed E-state index contributed by atoms with van der Waals surface area (Å²) in [5, 5.41) is 3.19. The monoisotopic (exact) mass is 438 g/mol. The number of imidazole rings is 1. The summed E-state index contributed by atoms with van der Waals surface area (Å²) in [5.41, 5.74) is 0.601. The van der Waals surface area contributed by atoms with E-state index in [9.17, 15) is 14.4 Å². The number of benzene rings is 1. The van der Waals surface area contributed by atoms with Gasteiger partial charge in [-0.2, -0.15) is 0 Å². The summed E-state index contributed by atoms with van der Waals surface area (Å²) in [7, 11) is 1.26. The third-order valence-electron chi connectivity index (χ3n) is 6.60. The lowest BCUT2D eigenvalue weighted by Gasteiger charge is -2.44. The van der Waals surface area contributed by atoms with Crippen molar-refractivity contribution in [2.75, 3.05) is 12.0 Å². The van der Waals surface area contributed by atoms with Crippen molar-refractivity contribution >= 4 is 23.5 Å². The van der Waals surface area contributed by atoms with E-state index < -0.39 is 17.4 Å². The molecule has 0 unspecified atom stereocenters. The van der Waals surface area contributed by atoms with Gasteiger partial charge in [0.05, 0.1) is 20.0 Å². The molecule has 4 rings (SSSR count). The van der Waals surface area contributed by atoms with E-state index in [1.807, 2.05) is 31.2 Å². The standard InChI is InChI=1S/C24H30N4O4/c1-4-16-9-8-12-18(13-16)28-21(29)20-19(22(30)32-3)25-15-27(20)14-24(28,2)23(31)26-17-10-6-5-7-11-17/h8-9,12-13,15,17H,4-7,10-11,14H2,1-3H3,(H,26,31)/t24-/m1/s1. The Bertz CT molecular complexity index is 1040. The largest absolute Gasteiger partial charge is 0.464 e. The molecule has 1 N–H and O–H groups in total. The van der Waals surface area contributed by atoms with Crippen molar-refractivity contribution in [2.45, 2.75) is 70.5 Å². The Labute approximate surface area is 187 Å². The number of aryl methyl sites for hydroxylation is 1. The van der Waals surface area contributed by atoms with Gasteiger partial charge in [0, 0.05) is 11.7 Å². The SMILES string of the molecule is CCc1cccc(N2C(=O)c3c(C(=O)OC)ncn3C[C@]2(C)C(=O)NC2CCCCC2)c1. The summed E-state index contributed by atoms with van der Waals surface area (Å²) in [6.07, 6.45) is 7.51. The number of nitrogens with one attached hydrogen (secondary N) is 1. The highest BCUT2D eigenvalue weighted by Gasteiger charge is 2.50. The molecule has 1 atom stereocenters. The maximum atomic E-state index is 13.8. The smallest absolute Gasteiger partial charge is 0.359 e. The number of rotatable bonds is 5. The van der Waals surface area contributed by atoms with E-state index in [2.05, 4.69) is 10.3 Å². The first-order chi connectivity index (χ1) is 15.4. The average Bonchev–Trinajstić information content (AvgIpc) is 3.23. The van der Waals surface area contributed by atoms with Crippen LogP contribution in [0.3, 0.4) is 0 Å². The molecule has 0 bridgehead atoms. The molecule has 1 fully saturated rings. The van der Waals surface area contributed by atoms with Crippen LogP contribution in [0.15, 0.2) is 30.6 Å². The van der Waals surface area contributed by atoms with Gasteiger partial charge in [0.25, 0.3) is 5.91 Å². The lowest BCUT2D eigenvalue weighted by atomic mass is 9.90. The second-order valence-electron chi connectivity index (χ2n) is 8.81. The minimum Gasteiger partial charge on any atom is -0.464 e. The van der Waals surface area contributed by atoms with Crippen LogP contribution >= 0.6 is 0 Å². The number of hydrogen-bond acceptors (Lipinski definition) is 5. The first-order valence-electron chi connectivity index (χ1n) is 11.3. The van der Waals surface area contributed by atoms with Crippen molar-refractivity contribution in [1.29, 1.82) is 0 Å². The number of aromatic nitrogens is 2. The van der Waals surface area contributed by atoms with Gasteiger partial charge >= 0.3 is 5.97 Å². The number of esters is 1. The normalized spacial score (nSPS) is 21.2. The Hall–Kier alpha value is -3.16. The molecule has 170 valence electrons. The molecule has 8 nitrogen and oxygen atoms in total. The lowest BCUT2D eigenvalue weighted by molar-refractivity contribution is -0.127. The fourth-order valence-electron chi connectivity index (χ4n) is 4.78. The molecule has 32 heavy (non-hydrogen) atoms. The van der Waals surface area contributed by atoms with Gasteiger partial charge in [0.15, 0.2) is 5.69 Å². The van der Waals surface area contributed by atoms with Gasteiger partial charge < -0.3 is 14.6 Å². The van der Waals surface area contributed by atoms with Crippen LogP contribution in [0.1, 0.15) is 72.5 Å². The van der Waals surface area contributed by atoms with E-state index in [0.717, 1.165) is 37.7 Å². The zero-order valence-electron chi connectivity index (χ0n) is 18.9. The van der Waals surface area contributed by atoms with Crippen LogP contribution in [0.5, 0.6) is 0 Å². The number of nitrogens with zero attached hydrogens (tertiary/aromatic N) is 3. The quantitative estimate of drug-likeness (QED) is 0.724. The molecule has 2 amide bonds. The van der Waals surface area contributed by atoms with Gasteiger partial charge in [-0.3, -0.25) is 14.5 Å². The summed E-state index contributed by atoms with van der Waals surface area (Å²) >= 11 is 0. The van der Waals surface area contributed by atoms with Crippen molar-refractivity contribution in [1.82, 2.24) is 14.9 Å². The van der Waals surface area contributed by atoms with E-state index in [4.69, 9.17) is 4.74 Å². The zero-order chi connectivity index (χ0) is 22.9. The van der Waals surface area contributed by atoms with E-state index in [1.165, 1.54) is 24.8 Å². The van der Waals surface area contributed by atoms with Gasteiger partial charge in [-0.15, -0.1) is 0 Å². The molecule has 2 aromatic rings. The van der Waals surface area contributed by atoms with Gasteiger partial charge in [-0.05, 0) is 43.9 Å². The zero-order valence-corrected chi connectivity index (χ0v) is 18.9. The molecule has 8 heteroatoms. The molecular formula is C24H30N4O4. The highest BCUT2D eigenvalue weighted by molar-refractivity contribution is 6.15. The first-order valence-corrected chi connectivity index (χ1v) is 11.3. The second kappa shape index (κ2) is 8.76. The summed E-state index contributed by atoms with van der Waals surface area (Å²) < 4.78 is 6.41. The number of methoxy groups -OCH3 is 1. The molecule has 1 aliphatic carbocycles. The highest BCUT2D eigenvalue weighted by atomic mass is 16.5. The van der Waals surface area contributed by atoms with E-state index in [1.54, 1.807) is 11.5 Å². The van der Waals surface area contributed by atoms with Gasteiger partial charge in [-0.1, -0.05) is 38.3 Å². The van der Waals surface area contributed by atoms with Gasteiger partial charge in [-0.25, -0.2) is 9.78 Å². The Morgan fingerprint density at radius 2 is 2.00 bits per heavy atom. The van der Waals surface area contributed by atoms with Crippen molar-refractivity contribution < 1.29 is 19.1 Å². The maximum absolute atomic E-state index is 13.8. The van der Waals surface area contributed by atoms with E-state index in [0.29, 0.717) is 5.69 Å². The summed E-state index contributed by atoms with van der Waals surface area (Å²) in [5.74, 6) is -1.31. The molecule has 1 saturated carbocycles. The molecule has 1 aromatic carbocycles. The summed E-state index contributed by atoms with van der Waals surface area (Å²) in [4.78, 5) is 45.4. The van der Waals surface area contributed by atoms with Gasteiger partial charge in [0.1, 0.15) is 11.2 Å². The minimum atomic E-state index is -1.18. The first kappa shape index (κ1) is 22.0. The number of hydrogen-bond donors (Lipinski definition) is 1. The van der Waals surface area contributed by atoms with Crippen LogP contribution in [0.4, 0.5) is 5.69 Å². The third kappa shape index (κ3) is 3.78. The predicted octanol–water partition coefficient (Wildman–Crippen LogP) is 3.10. The minimum absolute atomic E-state index is 0.0381. The van der Waals surface area contributed by atoms with Crippen molar-refractivity contribution in [3.05, 3.63) is 47.5 Å². The second-order valence-corrected chi connectivity index (χ2v) is 8.81. The highest BCUT2D eigenvalue weighted by Crippen LogP contribution is 2.34. The number of carbonyl (C=O) groups is 3. The van der Waals surface area contributed by atoms with Crippen LogP contribution in [0, 0.1) is 0 Å². The Morgan fingerprint density at radius 3 is 2.69 bits per heavy atom. The van der Waals surface area contributed by atoms with Crippen molar-refractivity contribution in [3.63, 3.8) is 0 Å². The Balaban J connectivity index is 1.79. The number of carbonyl (C=O) groups excluding carboxylic acids is 3. The summed E-state index contributed by atoms with van der Waals surface area (Å²) in [6, 6.07) is 7.73. The number of anilines is 1. The topological polar surface area (TPSA) is 93.5 Å². The molecule has 0 spiro atoms. The van der Waals surface area contributed by atoms with Crippen molar-refractivity contribution in [3.8, 4) is 0 Å². The number of amides is 2. The summed E-state index contributed by atoms with van der Waals surface area (Å²) in [6.45, 7) is 4.01. The lowest BCUT2D eigenvalue weighted by Crippen LogP contribution is -2.65. The molecule has 2 aliphatic rings. The molecule has 0 radical (unpaired) electrons. The maximum Gasteiger partial charge on any atom is 0.359 e.